The van der Waals surface area contributed by atoms with Crippen LogP contribution in [0.25, 0.3) is 0 Å². The lowest BCUT2D eigenvalue weighted by molar-refractivity contribution is -0.119. The molecule has 3 aromatic carbocycles. The Hall–Kier alpha value is -4.31. The van der Waals surface area contributed by atoms with Crippen LogP contribution in [0.3, 0.4) is 0 Å². The minimum absolute atomic E-state index is 0.160. The number of benzene rings is 3. The highest BCUT2D eigenvalue weighted by atomic mass is 16.5. The molecule has 0 heterocycles. The number of para-hydroxylation sites is 1. The molecule has 7 heteroatoms. The molecule has 3 rings (SSSR count). The van der Waals surface area contributed by atoms with E-state index in [9.17, 15) is 9.59 Å². The van der Waals surface area contributed by atoms with E-state index in [4.69, 9.17) is 15.7 Å². The van der Waals surface area contributed by atoms with Crippen LogP contribution < -0.4 is 21.1 Å². The highest BCUT2D eigenvalue weighted by Crippen LogP contribution is 2.23. The molecule has 0 radical (unpaired) electrons. The summed E-state index contributed by atoms with van der Waals surface area (Å²) in [7, 11) is 0. The maximum Gasteiger partial charge on any atom is 0.262 e. The Balaban J connectivity index is 1.64. The van der Waals surface area contributed by atoms with E-state index in [2.05, 4.69) is 10.6 Å². The average Bonchev–Trinajstić information content (AvgIpc) is 2.77. The Labute approximate surface area is 174 Å². The molecule has 0 aliphatic carbocycles. The predicted molar refractivity (Wildman–Crippen MR) is 114 cm³/mol. The highest BCUT2D eigenvalue weighted by Gasteiger charge is 2.18. The summed E-state index contributed by atoms with van der Waals surface area (Å²) in [5.41, 5.74) is 7.96. The second-order valence-electron chi connectivity index (χ2n) is 6.44. The fourth-order valence-electron chi connectivity index (χ4n) is 2.78. The summed E-state index contributed by atoms with van der Waals surface area (Å²) in [6, 6.07) is 23.8. The number of anilines is 2. The fraction of sp³-hybridized carbons (Fsp3) is 0.0870. The number of hydrogen-bond acceptors (Lipinski definition) is 5. The number of carbonyl (C=O) groups excluding carboxylic acids is 2. The molecule has 0 fully saturated rings. The monoisotopic (exact) mass is 400 g/mol. The lowest BCUT2D eigenvalue weighted by Crippen LogP contribution is -2.27. The number of nitrogens with one attached hydrogen (secondary N) is 2. The molecular weight excluding hydrogens is 380 g/mol. The van der Waals surface area contributed by atoms with E-state index < -0.39 is 11.9 Å². The minimum atomic E-state index is -0.783. The number of nitrogens with zero attached hydrogens (tertiary/aromatic N) is 1. The van der Waals surface area contributed by atoms with Crippen LogP contribution in [-0.4, -0.2) is 18.4 Å². The topological polar surface area (TPSA) is 117 Å². The first-order valence-corrected chi connectivity index (χ1v) is 9.19. The zero-order chi connectivity index (χ0) is 21.3. The Morgan fingerprint density at radius 2 is 1.67 bits per heavy atom. The first kappa shape index (κ1) is 20.4. The van der Waals surface area contributed by atoms with Gasteiger partial charge >= 0.3 is 0 Å². The number of nitriles is 1. The van der Waals surface area contributed by atoms with Crippen LogP contribution >= 0.6 is 0 Å². The van der Waals surface area contributed by atoms with Crippen LogP contribution in [-0.2, 0) is 9.59 Å². The van der Waals surface area contributed by atoms with Gasteiger partial charge < -0.3 is 21.1 Å². The van der Waals surface area contributed by atoms with Crippen molar-refractivity contribution in [1.82, 2.24) is 0 Å². The van der Waals surface area contributed by atoms with Crippen LogP contribution in [0.1, 0.15) is 17.2 Å². The van der Waals surface area contributed by atoms with Gasteiger partial charge in [0.15, 0.2) is 6.61 Å². The third-order valence-electron chi connectivity index (χ3n) is 4.23. The van der Waals surface area contributed by atoms with E-state index in [1.807, 2.05) is 24.3 Å². The number of nitrogens with two attached hydrogens (primary N) is 1. The standard InChI is InChI=1S/C23H20N4O3/c24-14-16-9-11-17(12-10-16)22(23(25)29)27-19-7-4-8-20(13-19)30-15-21(28)26-18-5-2-1-3-6-18/h1-13,22,27H,15H2,(H2,25,29)(H,26,28). The van der Waals surface area contributed by atoms with Gasteiger partial charge in [-0.25, -0.2) is 0 Å². The smallest absolute Gasteiger partial charge is 0.262 e. The third-order valence-corrected chi connectivity index (χ3v) is 4.23. The average molecular weight is 400 g/mol. The number of amides is 2. The van der Waals surface area contributed by atoms with Gasteiger partial charge in [-0.3, -0.25) is 9.59 Å². The number of carbonyl (C=O) groups is 2. The summed E-state index contributed by atoms with van der Waals surface area (Å²) in [6.45, 7) is -0.160. The maximum absolute atomic E-state index is 12.0. The summed E-state index contributed by atoms with van der Waals surface area (Å²) >= 11 is 0. The molecule has 0 aliphatic heterocycles. The Bertz CT molecular complexity index is 1060. The van der Waals surface area contributed by atoms with Gasteiger partial charge in [0.2, 0.25) is 5.91 Å². The van der Waals surface area contributed by atoms with Crippen molar-refractivity contribution >= 4 is 23.2 Å². The van der Waals surface area contributed by atoms with E-state index in [-0.39, 0.29) is 12.5 Å². The lowest BCUT2D eigenvalue weighted by Gasteiger charge is -2.18. The third kappa shape index (κ3) is 5.59. The molecule has 7 nitrogen and oxygen atoms in total. The van der Waals surface area contributed by atoms with Crippen LogP contribution in [0.5, 0.6) is 5.75 Å². The molecule has 3 aromatic rings. The molecule has 0 spiro atoms. The Morgan fingerprint density at radius 3 is 2.33 bits per heavy atom. The van der Waals surface area contributed by atoms with E-state index in [0.29, 0.717) is 28.3 Å². The first-order chi connectivity index (χ1) is 14.5. The summed E-state index contributed by atoms with van der Waals surface area (Å²) in [5, 5.41) is 14.7. The number of primary amides is 1. The van der Waals surface area contributed by atoms with E-state index in [1.165, 1.54) is 0 Å². The summed E-state index contributed by atoms with van der Waals surface area (Å²) in [4.78, 5) is 24.0. The molecule has 4 N–H and O–H groups in total. The summed E-state index contributed by atoms with van der Waals surface area (Å²) < 4.78 is 5.55. The van der Waals surface area contributed by atoms with Crippen molar-refractivity contribution < 1.29 is 14.3 Å². The van der Waals surface area contributed by atoms with Crippen molar-refractivity contribution in [3.63, 3.8) is 0 Å². The van der Waals surface area contributed by atoms with Crippen LogP contribution in [0, 0.1) is 11.3 Å². The maximum atomic E-state index is 12.0. The highest BCUT2D eigenvalue weighted by molar-refractivity contribution is 5.91. The molecule has 0 aliphatic rings. The predicted octanol–water partition coefficient (Wildman–Crippen LogP) is 3.21. The quantitative estimate of drug-likeness (QED) is 0.537. The SMILES string of the molecule is N#Cc1ccc(C(Nc2cccc(OCC(=O)Nc3ccccc3)c2)C(N)=O)cc1. The molecular formula is C23H20N4O3. The molecule has 0 saturated heterocycles. The Kier molecular flexibility index (Phi) is 6.64. The second-order valence-corrected chi connectivity index (χ2v) is 6.44. The van der Waals surface area contributed by atoms with Crippen molar-refractivity contribution in [2.45, 2.75) is 6.04 Å². The van der Waals surface area contributed by atoms with Gasteiger partial charge in [0.25, 0.3) is 5.91 Å². The van der Waals surface area contributed by atoms with Gasteiger partial charge in [-0.2, -0.15) is 5.26 Å². The normalized spacial score (nSPS) is 11.0. The van der Waals surface area contributed by atoms with Crippen molar-refractivity contribution in [3.05, 3.63) is 90.0 Å². The molecule has 0 bridgehead atoms. The summed E-state index contributed by atoms with van der Waals surface area (Å²) in [6.07, 6.45) is 0. The molecule has 2 amide bonds. The fourth-order valence-corrected chi connectivity index (χ4v) is 2.78. The van der Waals surface area contributed by atoms with Crippen LogP contribution in [0.15, 0.2) is 78.9 Å². The van der Waals surface area contributed by atoms with Crippen molar-refractivity contribution in [2.24, 2.45) is 5.73 Å². The van der Waals surface area contributed by atoms with E-state index in [0.717, 1.165) is 0 Å². The van der Waals surface area contributed by atoms with Gasteiger partial charge in [-0.05, 0) is 42.0 Å². The molecule has 1 unspecified atom stereocenters. The molecule has 30 heavy (non-hydrogen) atoms. The number of rotatable bonds is 8. The molecule has 0 aromatic heterocycles. The Morgan fingerprint density at radius 1 is 0.967 bits per heavy atom. The van der Waals surface area contributed by atoms with Crippen molar-refractivity contribution in [2.75, 3.05) is 17.2 Å². The van der Waals surface area contributed by atoms with Gasteiger partial charge in [0.1, 0.15) is 11.8 Å². The van der Waals surface area contributed by atoms with Crippen molar-refractivity contribution in [1.29, 1.82) is 5.26 Å². The first-order valence-electron chi connectivity index (χ1n) is 9.19. The minimum Gasteiger partial charge on any atom is -0.484 e. The van der Waals surface area contributed by atoms with Crippen molar-refractivity contribution in [3.8, 4) is 11.8 Å². The molecule has 0 saturated carbocycles. The van der Waals surface area contributed by atoms with Gasteiger partial charge in [0.05, 0.1) is 11.6 Å². The van der Waals surface area contributed by atoms with E-state index in [1.54, 1.807) is 60.7 Å². The van der Waals surface area contributed by atoms with Gasteiger partial charge in [-0.15, -0.1) is 0 Å². The molecule has 1 atom stereocenters. The zero-order valence-corrected chi connectivity index (χ0v) is 16.0. The second kappa shape index (κ2) is 9.75. The van der Waals surface area contributed by atoms with Crippen LogP contribution in [0.2, 0.25) is 0 Å². The lowest BCUT2D eigenvalue weighted by atomic mass is 10.0. The van der Waals surface area contributed by atoms with Crippen LogP contribution in [0.4, 0.5) is 11.4 Å². The zero-order valence-electron chi connectivity index (χ0n) is 16.0. The number of ether oxygens (including phenoxy) is 1. The van der Waals surface area contributed by atoms with Gasteiger partial charge in [-0.1, -0.05) is 36.4 Å². The van der Waals surface area contributed by atoms with E-state index >= 15 is 0 Å². The summed E-state index contributed by atoms with van der Waals surface area (Å²) in [5.74, 6) is -0.383. The van der Waals surface area contributed by atoms with Gasteiger partial charge in [0, 0.05) is 17.4 Å². The largest absolute Gasteiger partial charge is 0.484 e. The number of hydrogen-bond donors (Lipinski definition) is 3. The molecule has 150 valence electrons.